The van der Waals surface area contributed by atoms with Crippen molar-refractivity contribution in [3.63, 3.8) is 0 Å². The predicted molar refractivity (Wildman–Crippen MR) is 106 cm³/mol. The first-order valence-corrected chi connectivity index (χ1v) is 10.5. The Morgan fingerprint density at radius 3 is 2.09 bits per heavy atom. The summed E-state index contributed by atoms with van der Waals surface area (Å²) in [5.74, 6) is -1.46. The van der Waals surface area contributed by atoms with Gasteiger partial charge in [-0.1, -0.05) is 24.3 Å². The van der Waals surface area contributed by atoms with Gasteiger partial charge in [0.05, 0.1) is 24.3 Å². The molecular formula is C23H21FO9. The van der Waals surface area contributed by atoms with Crippen molar-refractivity contribution in [1.82, 2.24) is 0 Å². The molecule has 0 N–H and O–H groups in total. The summed E-state index contributed by atoms with van der Waals surface area (Å²) in [7, 11) is 0. The number of halogens is 1. The highest BCUT2D eigenvalue weighted by Crippen LogP contribution is 2.43. The predicted octanol–water partition coefficient (Wildman–Crippen LogP) is 3.16. The SMILES string of the molecule is CCOC(=O)c1ccc(C2OCC3OC4OC(c5ccc(C(=O)OF)cc5)OC4C3O2)cc1. The molecule has 0 amide bonds. The molecule has 0 spiro atoms. The van der Waals surface area contributed by atoms with Gasteiger partial charge >= 0.3 is 11.9 Å². The zero-order chi connectivity index (χ0) is 22.9. The van der Waals surface area contributed by atoms with Crippen LogP contribution >= 0.6 is 0 Å². The summed E-state index contributed by atoms with van der Waals surface area (Å²) < 4.78 is 46.8. The zero-order valence-electron chi connectivity index (χ0n) is 17.5. The van der Waals surface area contributed by atoms with Crippen molar-refractivity contribution in [3.8, 4) is 0 Å². The topological polar surface area (TPSA) is 98.8 Å². The molecule has 0 radical (unpaired) electrons. The molecule has 3 aliphatic heterocycles. The van der Waals surface area contributed by atoms with Gasteiger partial charge in [0.15, 0.2) is 18.9 Å². The van der Waals surface area contributed by atoms with Crippen LogP contribution in [0.25, 0.3) is 0 Å². The summed E-state index contributed by atoms with van der Waals surface area (Å²) in [5, 5.41) is 0. The number of hydrogen-bond acceptors (Lipinski definition) is 9. The molecule has 3 aliphatic rings. The van der Waals surface area contributed by atoms with Crippen LogP contribution in [-0.4, -0.2) is 49.8 Å². The van der Waals surface area contributed by atoms with Gasteiger partial charge < -0.3 is 28.4 Å². The Balaban J connectivity index is 1.24. The average Bonchev–Trinajstić information content (AvgIpc) is 3.42. The second kappa shape index (κ2) is 9.16. The van der Waals surface area contributed by atoms with Gasteiger partial charge in [0.2, 0.25) is 0 Å². The number of rotatable bonds is 5. The summed E-state index contributed by atoms with van der Waals surface area (Å²) in [6.45, 7) is 2.35. The van der Waals surface area contributed by atoms with E-state index in [-0.39, 0.29) is 11.7 Å². The maximum atomic E-state index is 12.1. The number of hydrogen-bond donors (Lipinski definition) is 0. The van der Waals surface area contributed by atoms with Crippen molar-refractivity contribution in [2.75, 3.05) is 13.2 Å². The van der Waals surface area contributed by atoms with Crippen LogP contribution in [0.3, 0.4) is 0 Å². The monoisotopic (exact) mass is 460 g/mol. The Morgan fingerprint density at radius 1 is 0.848 bits per heavy atom. The van der Waals surface area contributed by atoms with E-state index in [1.54, 1.807) is 43.3 Å². The lowest BCUT2D eigenvalue weighted by Crippen LogP contribution is -2.43. The van der Waals surface area contributed by atoms with Gasteiger partial charge in [0, 0.05) is 15.7 Å². The van der Waals surface area contributed by atoms with E-state index in [0.717, 1.165) is 5.56 Å². The van der Waals surface area contributed by atoms with Crippen molar-refractivity contribution in [1.29, 1.82) is 0 Å². The van der Waals surface area contributed by atoms with Gasteiger partial charge in [0.25, 0.3) is 0 Å². The largest absolute Gasteiger partial charge is 0.462 e. The van der Waals surface area contributed by atoms with Crippen LogP contribution in [0, 0.1) is 0 Å². The molecule has 174 valence electrons. The highest BCUT2D eigenvalue weighted by atomic mass is 19.3. The standard InChI is InChI=1S/C23H21FO9/c1-2-27-19(25)12-3-7-14(8-4-12)21-28-11-16-17(30-21)18-23(29-16)32-22(31-18)15-9-5-13(6-10-15)20(26)33-24/h3-10,16-18,21-23H,2,11H2,1H3. The van der Waals surface area contributed by atoms with Gasteiger partial charge in [-0.15, -0.1) is 0 Å². The number of carbonyl (C=O) groups is 2. The summed E-state index contributed by atoms with van der Waals surface area (Å²) in [5.41, 5.74) is 1.90. The first-order chi connectivity index (χ1) is 16.1. The van der Waals surface area contributed by atoms with Gasteiger partial charge in [-0.05, 0) is 31.2 Å². The number of esters is 1. The Hall–Kier alpha value is -2.89. The molecule has 0 aromatic heterocycles. The fourth-order valence-electron chi connectivity index (χ4n) is 4.05. The highest BCUT2D eigenvalue weighted by molar-refractivity contribution is 5.89. The van der Waals surface area contributed by atoms with Crippen LogP contribution in [0.2, 0.25) is 0 Å². The van der Waals surface area contributed by atoms with Crippen LogP contribution < -0.4 is 0 Å². The molecule has 2 aromatic carbocycles. The lowest BCUT2D eigenvalue weighted by atomic mass is 10.1. The number of benzene rings is 2. The maximum Gasteiger partial charge on any atom is 0.379 e. The summed E-state index contributed by atoms with van der Waals surface area (Å²) >= 11 is 0. The second-order valence-corrected chi connectivity index (χ2v) is 7.71. The van der Waals surface area contributed by atoms with Crippen molar-refractivity contribution in [2.24, 2.45) is 0 Å². The molecule has 10 heteroatoms. The Kier molecular flexibility index (Phi) is 6.09. The Morgan fingerprint density at radius 2 is 1.45 bits per heavy atom. The van der Waals surface area contributed by atoms with Gasteiger partial charge in [-0.25, -0.2) is 14.5 Å². The Bertz CT molecular complexity index is 1010. The molecule has 0 saturated carbocycles. The summed E-state index contributed by atoms with van der Waals surface area (Å²) in [4.78, 5) is 26.3. The molecule has 6 atom stereocenters. The lowest BCUT2D eigenvalue weighted by molar-refractivity contribution is -0.273. The van der Waals surface area contributed by atoms with Gasteiger partial charge in [-0.3, -0.25) is 0 Å². The average molecular weight is 460 g/mol. The molecule has 3 saturated heterocycles. The van der Waals surface area contributed by atoms with Crippen molar-refractivity contribution >= 4 is 11.9 Å². The third-order valence-electron chi connectivity index (χ3n) is 5.68. The minimum atomic E-state index is -1.07. The molecule has 5 rings (SSSR count). The molecule has 0 bridgehead atoms. The van der Waals surface area contributed by atoms with Gasteiger partial charge in [0.1, 0.15) is 18.3 Å². The number of carbonyl (C=O) groups excluding carboxylic acids is 2. The van der Waals surface area contributed by atoms with Crippen LogP contribution in [0.4, 0.5) is 4.53 Å². The first-order valence-electron chi connectivity index (χ1n) is 10.5. The van der Waals surface area contributed by atoms with E-state index in [1.165, 1.54) is 12.1 Å². The van der Waals surface area contributed by atoms with E-state index in [2.05, 4.69) is 4.94 Å². The number of fused-ring (bicyclic) bond motifs is 3. The van der Waals surface area contributed by atoms with Crippen molar-refractivity contribution < 1.29 is 47.5 Å². The van der Waals surface area contributed by atoms with Crippen molar-refractivity contribution in [3.05, 3.63) is 70.8 Å². The minimum absolute atomic E-state index is 0.0698. The van der Waals surface area contributed by atoms with E-state index in [4.69, 9.17) is 28.4 Å². The van der Waals surface area contributed by atoms with Gasteiger partial charge in [-0.2, -0.15) is 0 Å². The second-order valence-electron chi connectivity index (χ2n) is 7.71. The molecule has 3 fully saturated rings. The Labute approximate surface area is 188 Å². The van der Waals surface area contributed by atoms with Crippen molar-refractivity contribution in [2.45, 2.75) is 44.1 Å². The quantitative estimate of drug-likeness (QED) is 0.623. The highest BCUT2D eigenvalue weighted by Gasteiger charge is 2.55. The summed E-state index contributed by atoms with van der Waals surface area (Å²) in [6, 6.07) is 12.8. The van der Waals surface area contributed by atoms with E-state index < -0.39 is 43.0 Å². The van der Waals surface area contributed by atoms with Crippen LogP contribution in [0.5, 0.6) is 0 Å². The minimum Gasteiger partial charge on any atom is -0.462 e. The third-order valence-corrected chi connectivity index (χ3v) is 5.68. The lowest BCUT2D eigenvalue weighted by Gasteiger charge is -2.33. The van der Waals surface area contributed by atoms with Crippen LogP contribution in [0.15, 0.2) is 48.5 Å². The molecule has 6 unspecified atom stereocenters. The fraction of sp³-hybridized carbons (Fsp3) is 0.391. The van der Waals surface area contributed by atoms with E-state index >= 15 is 0 Å². The smallest absolute Gasteiger partial charge is 0.379 e. The molecule has 2 aromatic rings. The first kappa shape index (κ1) is 21.9. The summed E-state index contributed by atoms with van der Waals surface area (Å²) in [6.07, 6.45) is -3.29. The van der Waals surface area contributed by atoms with E-state index in [1.807, 2.05) is 0 Å². The van der Waals surface area contributed by atoms with Crippen LogP contribution in [0.1, 0.15) is 51.3 Å². The molecular weight excluding hydrogens is 439 g/mol. The molecule has 9 nitrogen and oxygen atoms in total. The normalized spacial score (nSPS) is 30.4. The zero-order valence-corrected chi connectivity index (χ0v) is 17.5. The molecule has 33 heavy (non-hydrogen) atoms. The third kappa shape index (κ3) is 4.23. The fourth-order valence-corrected chi connectivity index (χ4v) is 4.05. The van der Waals surface area contributed by atoms with E-state index in [0.29, 0.717) is 24.3 Å². The number of ether oxygens (including phenoxy) is 6. The molecule has 3 heterocycles. The molecule has 0 aliphatic carbocycles. The maximum absolute atomic E-state index is 12.1. The van der Waals surface area contributed by atoms with E-state index in [9.17, 15) is 14.1 Å². The van der Waals surface area contributed by atoms with Crippen LogP contribution in [-0.2, 0) is 33.4 Å².